The molecule has 2 aliphatic rings. The average Bonchev–Trinajstić information content (AvgIpc) is 3.54. The van der Waals surface area contributed by atoms with Crippen LogP contribution in [0.4, 0.5) is 9.93 Å². The van der Waals surface area contributed by atoms with Crippen LogP contribution in [0.25, 0.3) is 11.3 Å². The number of hydrogen-bond acceptors (Lipinski definition) is 8. The first-order valence-corrected chi connectivity index (χ1v) is 16.3. The zero-order valence-electron chi connectivity index (χ0n) is 23.9. The van der Waals surface area contributed by atoms with Crippen molar-refractivity contribution in [1.82, 2.24) is 20.5 Å². The van der Waals surface area contributed by atoms with Crippen LogP contribution < -0.4 is 16.0 Å². The van der Waals surface area contributed by atoms with Crippen LogP contribution in [-0.2, 0) is 20.9 Å². The summed E-state index contributed by atoms with van der Waals surface area (Å²) < 4.78 is 5.64. The molecule has 3 aromatic rings. The Morgan fingerprint density at radius 2 is 1.79 bits per heavy atom. The fourth-order valence-electron chi connectivity index (χ4n) is 4.70. The standard InChI is InChI=1S/C31H35N5O5S2/c1-32-26(37)9-5-6-10-27-36(31(40)41-17-20-7-3-2-4-8-20)25(19-42-27)29(39)35-30-34-24(18-43-30)21-11-13-22(14-12-21)28(38)33-23-15-16-23/h2-4,7-8,11-14,18,23,25,27H,5-6,9-10,15-17,19H2,1H3,(H,32,37)(H,33,38)(H,34,35,39)/t25-,27?/m0/s1. The van der Waals surface area contributed by atoms with E-state index in [4.69, 9.17) is 4.74 Å². The lowest BCUT2D eigenvalue weighted by Gasteiger charge is -2.28. The van der Waals surface area contributed by atoms with Gasteiger partial charge in [-0.3, -0.25) is 19.3 Å². The number of anilines is 1. The second kappa shape index (κ2) is 14.5. The Kier molecular flexibility index (Phi) is 10.3. The molecule has 1 aliphatic carbocycles. The van der Waals surface area contributed by atoms with E-state index in [1.807, 2.05) is 47.8 Å². The lowest BCUT2D eigenvalue weighted by Crippen LogP contribution is -2.47. The van der Waals surface area contributed by atoms with Crippen LogP contribution in [0.5, 0.6) is 0 Å². The maximum Gasteiger partial charge on any atom is 0.411 e. The number of rotatable bonds is 12. The largest absolute Gasteiger partial charge is 0.445 e. The van der Waals surface area contributed by atoms with Gasteiger partial charge < -0.3 is 20.7 Å². The molecule has 0 bridgehead atoms. The van der Waals surface area contributed by atoms with Crippen molar-refractivity contribution in [1.29, 1.82) is 0 Å². The molecule has 1 saturated heterocycles. The van der Waals surface area contributed by atoms with Gasteiger partial charge in [0.25, 0.3) is 5.91 Å². The smallest absolute Gasteiger partial charge is 0.411 e. The normalized spacial score (nSPS) is 17.7. The SMILES string of the molecule is CNC(=O)CCCCC1SC[C@@H](C(=O)Nc2nc(-c3ccc(C(=O)NC4CC4)cc3)cs2)N1C(=O)OCc1ccccc1. The number of nitrogens with zero attached hydrogens (tertiary/aromatic N) is 2. The summed E-state index contributed by atoms with van der Waals surface area (Å²) in [6.45, 7) is 0.107. The fourth-order valence-corrected chi connectivity index (χ4v) is 6.86. The summed E-state index contributed by atoms with van der Waals surface area (Å²) in [6, 6.07) is 16.2. The molecule has 1 aromatic heterocycles. The Bertz CT molecular complexity index is 1430. The first kappa shape index (κ1) is 30.6. The van der Waals surface area contributed by atoms with Crippen LogP contribution >= 0.6 is 23.1 Å². The van der Waals surface area contributed by atoms with Gasteiger partial charge in [0.05, 0.1) is 11.1 Å². The Labute approximate surface area is 259 Å². The highest BCUT2D eigenvalue weighted by Gasteiger charge is 2.42. The average molecular weight is 622 g/mol. The minimum Gasteiger partial charge on any atom is -0.445 e. The van der Waals surface area contributed by atoms with Crippen LogP contribution in [0.2, 0.25) is 0 Å². The van der Waals surface area contributed by atoms with Gasteiger partial charge in [-0.1, -0.05) is 48.9 Å². The number of amides is 4. The summed E-state index contributed by atoms with van der Waals surface area (Å²) in [5.41, 5.74) is 2.97. The van der Waals surface area contributed by atoms with Gasteiger partial charge in [0.2, 0.25) is 11.8 Å². The molecule has 12 heteroatoms. The molecule has 1 unspecified atom stereocenters. The molecule has 10 nitrogen and oxygen atoms in total. The van der Waals surface area contributed by atoms with Gasteiger partial charge in [0, 0.05) is 41.8 Å². The molecular weight excluding hydrogens is 587 g/mol. The van der Waals surface area contributed by atoms with E-state index in [1.54, 1.807) is 19.2 Å². The maximum absolute atomic E-state index is 13.5. The number of thioether (sulfide) groups is 1. The molecular formula is C31H35N5O5S2. The van der Waals surface area contributed by atoms with E-state index >= 15 is 0 Å². The van der Waals surface area contributed by atoms with Crippen molar-refractivity contribution in [2.45, 2.75) is 62.6 Å². The molecule has 3 N–H and O–H groups in total. The van der Waals surface area contributed by atoms with Gasteiger partial charge >= 0.3 is 6.09 Å². The molecule has 4 amide bonds. The van der Waals surface area contributed by atoms with E-state index in [0.717, 1.165) is 30.4 Å². The molecule has 226 valence electrons. The Hall–Kier alpha value is -3.90. The number of carbonyl (C=O) groups excluding carboxylic acids is 4. The lowest BCUT2D eigenvalue weighted by molar-refractivity contribution is -0.121. The number of ether oxygens (including phenoxy) is 1. The summed E-state index contributed by atoms with van der Waals surface area (Å²) in [5.74, 6) is -0.000675. The van der Waals surface area contributed by atoms with Gasteiger partial charge in [-0.2, -0.15) is 0 Å². The van der Waals surface area contributed by atoms with Crippen LogP contribution in [0.15, 0.2) is 60.0 Å². The second-order valence-corrected chi connectivity index (χ2v) is 12.6. The van der Waals surface area contributed by atoms with Gasteiger partial charge in [0.15, 0.2) is 5.13 Å². The number of benzene rings is 2. The van der Waals surface area contributed by atoms with Crippen molar-refractivity contribution in [2.24, 2.45) is 0 Å². The highest BCUT2D eigenvalue weighted by Crippen LogP contribution is 2.35. The molecule has 43 heavy (non-hydrogen) atoms. The molecule has 2 heterocycles. The Balaban J connectivity index is 1.22. The van der Waals surface area contributed by atoms with E-state index in [0.29, 0.717) is 47.4 Å². The quantitative estimate of drug-likeness (QED) is 0.242. The monoisotopic (exact) mass is 621 g/mol. The summed E-state index contributed by atoms with van der Waals surface area (Å²) in [6.07, 6.45) is 4.00. The van der Waals surface area contributed by atoms with Gasteiger partial charge in [-0.05, 0) is 43.4 Å². The number of nitrogens with one attached hydrogen (secondary N) is 3. The van der Waals surface area contributed by atoms with Crippen molar-refractivity contribution < 1.29 is 23.9 Å². The molecule has 2 aromatic carbocycles. The van der Waals surface area contributed by atoms with Crippen molar-refractivity contribution in [2.75, 3.05) is 18.1 Å². The van der Waals surface area contributed by atoms with E-state index in [2.05, 4.69) is 20.9 Å². The van der Waals surface area contributed by atoms with Crippen molar-refractivity contribution >= 4 is 52.0 Å². The molecule has 1 saturated carbocycles. The summed E-state index contributed by atoms with van der Waals surface area (Å²) in [4.78, 5) is 56.8. The first-order valence-electron chi connectivity index (χ1n) is 14.4. The molecule has 5 rings (SSSR count). The number of carbonyl (C=O) groups is 4. The predicted octanol–water partition coefficient (Wildman–Crippen LogP) is 5.03. The highest BCUT2D eigenvalue weighted by molar-refractivity contribution is 8.00. The zero-order chi connectivity index (χ0) is 30.2. The van der Waals surface area contributed by atoms with Gasteiger partial charge in [-0.25, -0.2) is 9.78 Å². The molecule has 2 fully saturated rings. The molecule has 0 spiro atoms. The molecule has 0 radical (unpaired) electrons. The van der Waals surface area contributed by atoms with Crippen LogP contribution in [-0.4, -0.2) is 64.0 Å². The highest BCUT2D eigenvalue weighted by atomic mass is 32.2. The predicted molar refractivity (Wildman–Crippen MR) is 168 cm³/mol. The molecule has 2 atom stereocenters. The van der Waals surface area contributed by atoms with Crippen molar-refractivity contribution in [3.63, 3.8) is 0 Å². The van der Waals surface area contributed by atoms with E-state index in [-0.39, 0.29) is 29.7 Å². The maximum atomic E-state index is 13.5. The third kappa shape index (κ3) is 8.35. The summed E-state index contributed by atoms with van der Waals surface area (Å²) in [7, 11) is 1.61. The fraction of sp³-hybridized carbons (Fsp3) is 0.387. The van der Waals surface area contributed by atoms with E-state index < -0.39 is 12.1 Å². The third-order valence-corrected chi connectivity index (χ3v) is 9.40. The Morgan fingerprint density at radius 1 is 1.02 bits per heavy atom. The number of unbranched alkanes of at least 4 members (excludes halogenated alkanes) is 1. The van der Waals surface area contributed by atoms with Crippen LogP contribution in [0.1, 0.15) is 54.4 Å². The second-order valence-electron chi connectivity index (χ2n) is 10.5. The van der Waals surface area contributed by atoms with Crippen LogP contribution in [0.3, 0.4) is 0 Å². The summed E-state index contributed by atoms with van der Waals surface area (Å²) >= 11 is 2.84. The number of aromatic nitrogens is 1. The lowest BCUT2D eigenvalue weighted by atomic mass is 10.1. The zero-order valence-corrected chi connectivity index (χ0v) is 25.5. The topological polar surface area (TPSA) is 130 Å². The number of thiazole rings is 1. The third-order valence-electron chi connectivity index (χ3n) is 7.28. The first-order chi connectivity index (χ1) is 20.9. The van der Waals surface area contributed by atoms with Crippen molar-refractivity contribution in [3.8, 4) is 11.3 Å². The van der Waals surface area contributed by atoms with Gasteiger partial charge in [0.1, 0.15) is 12.6 Å². The molecule has 1 aliphatic heterocycles. The minimum atomic E-state index is -0.728. The Morgan fingerprint density at radius 3 is 2.51 bits per heavy atom. The van der Waals surface area contributed by atoms with Crippen LogP contribution in [0, 0.1) is 0 Å². The van der Waals surface area contributed by atoms with E-state index in [9.17, 15) is 19.2 Å². The summed E-state index contributed by atoms with van der Waals surface area (Å²) in [5, 5.41) is 10.5. The van der Waals surface area contributed by atoms with Gasteiger partial charge in [-0.15, -0.1) is 23.1 Å². The van der Waals surface area contributed by atoms with E-state index in [1.165, 1.54) is 28.0 Å². The minimum absolute atomic E-state index is 0.0201. The van der Waals surface area contributed by atoms with Crippen molar-refractivity contribution in [3.05, 3.63) is 71.1 Å². The number of hydrogen-bond donors (Lipinski definition) is 3.